The minimum atomic E-state index is -3.49. The van der Waals surface area contributed by atoms with Gasteiger partial charge in [0.1, 0.15) is 12.4 Å². The van der Waals surface area contributed by atoms with Gasteiger partial charge < -0.3 is 9.47 Å². The van der Waals surface area contributed by atoms with Gasteiger partial charge in [-0.2, -0.15) is 9.57 Å². The van der Waals surface area contributed by atoms with Crippen LogP contribution in [0.5, 0.6) is 5.75 Å². The number of nitrogens with zero attached hydrogens (tertiary/aromatic N) is 2. The SMILES string of the molecule is N#Cc1ccc(COc2ccc(S(=O)(=O)N3CCOCC3)cc2)cc1. The first-order valence-corrected chi connectivity index (χ1v) is 9.33. The number of benzene rings is 2. The molecule has 130 valence electrons. The smallest absolute Gasteiger partial charge is 0.243 e. The quantitative estimate of drug-likeness (QED) is 0.818. The average molecular weight is 358 g/mol. The van der Waals surface area contributed by atoms with Crippen molar-refractivity contribution in [3.8, 4) is 11.8 Å². The highest BCUT2D eigenvalue weighted by Gasteiger charge is 2.26. The van der Waals surface area contributed by atoms with E-state index in [0.29, 0.717) is 44.2 Å². The van der Waals surface area contributed by atoms with Gasteiger partial charge in [0, 0.05) is 13.1 Å². The van der Waals surface area contributed by atoms with Crippen molar-refractivity contribution in [1.29, 1.82) is 5.26 Å². The van der Waals surface area contributed by atoms with Gasteiger partial charge in [0.25, 0.3) is 0 Å². The zero-order valence-corrected chi connectivity index (χ0v) is 14.4. The lowest BCUT2D eigenvalue weighted by Gasteiger charge is -2.26. The van der Waals surface area contributed by atoms with Crippen LogP contribution in [0.15, 0.2) is 53.4 Å². The van der Waals surface area contributed by atoms with Crippen LogP contribution < -0.4 is 4.74 Å². The molecule has 0 N–H and O–H groups in total. The molecule has 0 amide bonds. The summed E-state index contributed by atoms with van der Waals surface area (Å²) >= 11 is 0. The molecule has 1 aliphatic rings. The Balaban J connectivity index is 1.64. The van der Waals surface area contributed by atoms with Crippen LogP contribution in [0.1, 0.15) is 11.1 Å². The maximum atomic E-state index is 12.5. The Morgan fingerprint density at radius 3 is 2.28 bits per heavy atom. The van der Waals surface area contributed by atoms with Gasteiger partial charge in [0.05, 0.1) is 29.7 Å². The van der Waals surface area contributed by atoms with Crippen LogP contribution in [-0.4, -0.2) is 39.0 Å². The van der Waals surface area contributed by atoms with Crippen LogP contribution >= 0.6 is 0 Å². The number of hydrogen-bond donors (Lipinski definition) is 0. The van der Waals surface area contributed by atoms with Crippen LogP contribution in [0.4, 0.5) is 0 Å². The number of rotatable bonds is 5. The van der Waals surface area contributed by atoms with E-state index in [4.69, 9.17) is 14.7 Å². The average Bonchev–Trinajstić information content (AvgIpc) is 2.68. The lowest BCUT2D eigenvalue weighted by atomic mass is 10.2. The molecule has 0 aliphatic carbocycles. The molecular formula is C18H18N2O4S. The number of hydrogen-bond acceptors (Lipinski definition) is 5. The minimum Gasteiger partial charge on any atom is -0.489 e. The third kappa shape index (κ3) is 4.17. The minimum absolute atomic E-state index is 0.250. The lowest BCUT2D eigenvalue weighted by molar-refractivity contribution is 0.0730. The Bertz CT molecular complexity index is 849. The second-order valence-corrected chi connectivity index (χ2v) is 7.52. The highest BCUT2D eigenvalue weighted by molar-refractivity contribution is 7.89. The maximum Gasteiger partial charge on any atom is 0.243 e. The molecule has 0 unspecified atom stereocenters. The molecule has 0 saturated carbocycles. The summed E-state index contributed by atoms with van der Waals surface area (Å²) in [5.74, 6) is 0.588. The second kappa shape index (κ2) is 7.66. The van der Waals surface area contributed by atoms with E-state index < -0.39 is 10.0 Å². The summed E-state index contributed by atoms with van der Waals surface area (Å²) < 4.78 is 37.4. The third-order valence-electron chi connectivity index (χ3n) is 3.92. The molecule has 1 aliphatic heterocycles. The van der Waals surface area contributed by atoms with Gasteiger partial charge >= 0.3 is 0 Å². The molecule has 25 heavy (non-hydrogen) atoms. The van der Waals surface area contributed by atoms with Crippen LogP contribution in [0.25, 0.3) is 0 Å². The first-order chi connectivity index (χ1) is 12.1. The monoisotopic (exact) mass is 358 g/mol. The molecule has 1 heterocycles. The molecule has 0 bridgehead atoms. The van der Waals surface area contributed by atoms with Crippen molar-refractivity contribution in [2.24, 2.45) is 0 Å². The van der Waals surface area contributed by atoms with Gasteiger partial charge in [-0.05, 0) is 42.0 Å². The maximum absolute atomic E-state index is 12.5. The molecule has 2 aromatic rings. The molecule has 3 rings (SSSR count). The summed E-state index contributed by atoms with van der Waals surface area (Å²) in [5.41, 5.74) is 1.53. The molecule has 0 spiro atoms. The van der Waals surface area contributed by atoms with E-state index in [1.165, 1.54) is 4.31 Å². The summed E-state index contributed by atoms with van der Waals surface area (Å²) in [6.45, 7) is 1.94. The Labute approximate surface area is 147 Å². The van der Waals surface area contributed by atoms with Gasteiger partial charge in [0.2, 0.25) is 10.0 Å². The number of ether oxygens (including phenoxy) is 2. The van der Waals surface area contributed by atoms with E-state index in [1.807, 2.05) is 12.1 Å². The van der Waals surface area contributed by atoms with Crippen molar-refractivity contribution in [2.75, 3.05) is 26.3 Å². The third-order valence-corrected chi connectivity index (χ3v) is 5.83. The normalized spacial score (nSPS) is 15.5. The zero-order chi connectivity index (χ0) is 17.7. The van der Waals surface area contributed by atoms with Crippen molar-refractivity contribution < 1.29 is 17.9 Å². The second-order valence-electron chi connectivity index (χ2n) is 5.59. The molecule has 0 radical (unpaired) electrons. The predicted octanol–water partition coefficient (Wildman–Crippen LogP) is 2.16. The summed E-state index contributed by atoms with van der Waals surface area (Å²) in [7, 11) is -3.49. The van der Waals surface area contributed by atoms with Crippen LogP contribution in [0, 0.1) is 11.3 Å². The molecule has 6 nitrogen and oxygen atoms in total. The molecule has 1 saturated heterocycles. The summed E-state index contributed by atoms with van der Waals surface area (Å²) in [4.78, 5) is 0.250. The van der Waals surface area contributed by atoms with Gasteiger partial charge in [-0.25, -0.2) is 8.42 Å². The van der Waals surface area contributed by atoms with Crippen LogP contribution in [-0.2, 0) is 21.4 Å². The molecule has 0 atom stereocenters. The summed E-state index contributed by atoms with van der Waals surface area (Å²) in [5, 5.41) is 8.78. The first-order valence-electron chi connectivity index (χ1n) is 7.89. The van der Waals surface area contributed by atoms with Gasteiger partial charge in [-0.3, -0.25) is 0 Å². The van der Waals surface area contributed by atoms with E-state index in [1.54, 1.807) is 36.4 Å². The predicted molar refractivity (Wildman–Crippen MR) is 91.5 cm³/mol. The Kier molecular flexibility index (Phi) is 5.34. The van der Waals surface area contributed by atoms with Crippen LogP contribution in [0.2, 0.25) is 0 Å². The lowest BCUT2D eigenvalue weighted by Crippen LogP contribution is -2.40. The van der Waals surface area contributed by atoms with E-state index >= 15 is 0 Å². The largest absolute Gasteiger partial charge is 0.489 e. The standard InChI is InChI=1S/C18H18N2O4S/c19-13-15-1-3-16(4-2-15)14-24-17-5-7-18(8-6-17)25(21,22)20-9-11-23-12-10-20/h1-8H,9-12,14H2. The fourth-order valence-electron chi connectivity index (χ4n) is 2.49. The molecule has 2 aromatic carbocycles. The van der Waals surface area contributed by atoms with Gasteiger partial charge in [-0.15, -0.1) is 0 Å². The first kappa shape index (κ1) is 17.4. The Hall–Kier alpha value is -2.40. The van der Waals surface area contributed by atoms with E-state index in [0.717, 1.165) is 5.56 Å². The number of morpholine rings is 1. The van der Waals surface area contributed by atoms with Crippen molar-refractivity contribution in [1.82, 2.24) is 4.31 Å². The van der Waals surface area contributed by atoms with Crippen molar-refractivity contribution in [3.63, 3.8) is 0 Å². The Morgan fingerprint density at radius 1 is 1.04 bits per heavy atom. The van der Waals surface area contributed by atoms with Crippen LogP contribution in [0.3, 0.4) is 0 Å². The summed E-state index contributed by atoms with van der Waals surface area (Å²) in [6.07, 6.45) is 0. The van der Waals surface area contributed by atoms with E-state index in [2.05, 4.69) is 6.07 Å². The zero-order valence-electron chi connectivity index (χ0n) is 13.6. The van der Waals surface area contributed by atoms with Crippen molar-refractivity contribution in [3.05, 3.63) is 59.7 Å². The molecule has 0 aromatic heterocycles. The highest BCUT2D eigenvalue weighted by atomic mass is 32.2. The topological polar surface area (TPSA) is 79.6 Å². The molecule has 7 heteroatoms. The van der Waals surface area contributed by atoms with Gasteiger partial charge in [-0.1, -0.05) is 12.1 Å². The van der Waals surface area contributed by atoms with E-state index in [9.17, 15) is 8.42 Å². The number of sulfonamides is 1. The summed E-state index contributed by atoms with van der Waals surface area (Å²) in [6, 6.07) is 15.6. The number of nitriles is 1. The Morgan fingerprint density at radius 2 is 1.68 bits per heavy atom. The molecular weight excluding hydrogens is 340 g/mol. The fourth-order valence-corrected chi connectivity index (χ4v) is 3.89. The van der Waals surface area contributed by atoms with Crippen molar-refractivity contribution >= 4 is 10.0 Å². The van der Waals surface area contributed by atoms with Gasteiger partial charge in [0.15, 0.2) is 0 Å². The van der Waals surface area contributed by atoms with Crippen molar-refractivity contribution in [2.45, 2.75) is 11.5 Å². The van der Waals surface area contributed by atoms with E-state index in [-0.39, 0.29) is 4.90 Å². The highest BCUT2D eigenvalue weighted by Crippen LogP contribution is 2.21. The molecule has 1 fully saturated rings. The fraction of sp³-hybridized carbons (Fsp3) is 0.278.